The van der Waals surface area contributed by atoms with Crippen LogP contribution in [0.25, 0.3) is 0 Å². The van der Waals surface area contributed by atoms with Gasteiger partial charge in [0.1, 0.15) is 11.6 Å². The van der Waals surface area contributed by atoms with Crippen molar-refractivity contribution in [1.82, 2.24) is 19.8 Å². The summed E-state index contributed by atoms with van der Waals surface area (Å²) < 4.78 is 26.9. The normalized spacial score (nSPS) is 14.6. The molecule has 10 nitrogen and oxygen atoms in total. The van der Waals surface area contributed by atoms with E-state index in [1.807, 2.05) is 64.1 Å². The minimum absolute atomic E-state index is 0.0753. The molecule has 1 aliphatic rings. The van der Waals surface area contributed by atoms with E-state index in [1.54, 1.807) is 29.2 Å². The lowest BCUT2D eigenvalue weighted by Gasteiger charge is -2.29. The molecular formula is C39H47FN6O4. The zero-order valence-corrected chi connectivity index (χ0v) is 29.6. The molecule has 1 fully saturated rings. The molecular weight excluding hydrogens is 635 g/mol. The van der Waals surface area contributed by atoms with Gasteiger partial charge in [-0.3, -0.25) is 4.79 Å². The quantitative estimate of drug-likeness (QED) is 0.152. The van der Waals surface area contributed by atoms with E-state index in [1.165, 1.54) is 17.2 Å². The Morgan fingerprint density at radius 2 is 1.78 bits per heavy atom. The molecule has 2 amide bonds. The summed E-state index contributed by atoms with van der Waals surface area (Å²) in [6, 6.07) is 19.3. The van der Waals surface area contributed by atoms with Crippen LogP contribution < -0.4 is 19.7 Å². The molecule has 0 radical (unpaired) electrons. The van der Waals surface area contributed by atoms with Crippen molar-refractivity contribution in [3.8, 4) is 11.5 Å². The third-order valence-electron chi connectivity index (χ3n) is 8.95. The van der Waals surface area contributed by atoms with Gasteiger partial charge in [-0.25, -0.2) is 19.1 Å². The molecule has 3 aromatic carbocycles. The molecule has 0 bridgehead atoms. The van der Waals surface area contributed by atoms with Crippen molar-refractivity contribution in [1.29, 1.82) is 0 Å². The van der Waals surface area contributed by atoms with Crippen LogP contribution in [0.3, 0.4) is 0 Å². The molecule has 0 aliphatic carbocycles. The summed E-state index contributed by atoms with van der Waals surface area (Å²) in [6.45, 7) is 11.5. The average Bonchev–Trinajstić information content (AvgIpc) is 3.10. The first-order chi connectivity index (χ1) is 24.1. The van der Waals surface area contributed by atoms with E-state index >= 15 is 4.39 Å². The predicted octanol–water partition coefficient (Wildman–Crippen LogP) is 7.83. The number of rotatable bonds is 13. The van der Waals surface area contributed by atoms with Crippen molar-refractivity contribution in [2.24, 2.45) is 5.92 Å². The number of halogens is 1. The van der Waals surface area contributed by atoms with Crippen LogP contribution in [0.15, 0.2) is 72.9 Å². The van der Waals surface area contributed by atoms with Gasteiger partial charge in [0.25, 0.3) is 0 Å². The maximum atomic E-state index is 15.1. The van der Waals surface area contributed by atoms with E-state index in [4.69, 9.17) is 9.47 Å². The van der Waals surface area contributed by atoms with Crippen LogP contribution in [-0.2, 0) is 11.2 Å². The second-order valence-electron chi connectivity index (χ2n) is 12.8. The molecule has 1 aliphatic heterocycles. The first-order valence-electron chi connectivity index (χ1n) is 17.3. The molecule has 0 saturated carbocycles. The highest BCUT2D eigenvalue weighted by molar-refractivity contribution is 5.96. The SMILES string of the molecule is CCN(CC)C(=O)CCc1cccc(N(C(=O)Oc2c(C)cccc2C)c2ccnc(Nc3ccc(OCC4CCCN(C)C4)c(F)c3)n2)c1. The second-order valence-corrected chi connectivity index (χ2v) is 12.8. The number of aromatic nitrogens is 2. The summed E-state index contributed by atoms with van der Waals surface area (Å²) >= 11 is 0. The average molecular weight is 683 g/mol. The number of nitrogens with zero attached hydrogens (tertiary/aromatic N) is 5. The first-order valence-corrected chi connectivity index (χ1v) is 17.3. The number of para-hydroxylation sites is 1. The Morgan fingerprint density at radius 3 is 2.50 bits per heavy atom. The lowest BCUT2D eigenvalue weighted by atomic mass is 10.00. The van der Waals surface area contributed by atoms with Gasteiger partial charge in [-0.1, -0.05) is 30.3 Å². The summed E-state index contributed by atoms with van der Waals surface area (Å²) in [5, 5.41) is 3.06. The number of benzene rings is 3. The molecule has 1 aromatic heterocycles. The molecule has 1 atom stereocenters. The van der Waals surface area contributed by atoms with Crippen molar-refractivity contribution >= 4 is 35.1 Å². The van der Waals surface area contributed by atoms with Gasteiger partial charge in [0.2, 0.25) is 11.9 Å². The second kappa shape index (κ2) is 17.1. The number of likely N-dealkylation sites (tertiary alicyclic amines) is 1. The van der Waals surface area contributed by atoms with Crippen LogP contribution in [0.2, 0.25) is 0 Å². The fourth-order valence-electron chi connectivity index (χ4n) is 6.24. The molecule has 5 rings (SSSR count). The van der Waals surface area contributed by atoms with Gasteiger partial charge < -0.3 is 24.6 Å². The number of carbonyl (C=O) groups is 2. The monoisotopic (exact) mass is 682 g/mol. The van der Waals surface area contributed by atoms with Gasteiger partial charge in [-0.2, -0.15) is 4.98 Å². The summed E-state index contributed by atoms with van der Waals surface area (Å²) in [7, 11) is 2.09. The lowest BCUT2D eigenvalue weighted by Crippen LogP contribution is -2.34. The molecule has 4 aromatic rings. The van der Waals surface area contributed by atoms with E-state index < -0.39 is 11.9 Å². The van der Waals surface area contributed by atoms with E-state index in [0.29, 0.717) is 55.6 Å². The molecule has 1 N–H and O–H groups in total. The van der Waals surface area contributed by atoms with E-state index in [-0.39, 0.29) is 23.4 Å². The Bertz CT molecular complexity index is 1760. The number of nitrogens with one attached hydrogen (secondary N) is 1. The lowest BCUT2D eigenvalue weighted by molar-refractivity contribution is -0.130. The van der Waals surface area contributed by atoms with Gasteiger partial charge >= 0.3 is 6.09 Å². The summed E-state index contributed by atoms with van der Waals surface area (Å²) in [4.78, 5) is 41.1. The van der Waals surface area contributed by atoms with Gasteiger partial charge in [0, 0.05) is 56.0 Å². The van der Waals surface area contributed by atoms with Gasteiger partial charge in [-0.15, -0.1) is 0 Å². The predicted molar refractivity (Wildman–Crippen MR) is 194 cm³/mol. The Balaban J connectivity index is 1.38. The highest BCUT2D eigenvalue weighted by Crippen LogP contribution is 2.31. The number of hydrogen-bond acceptors (Lipinski definition) is 8. The van der Waals surface area contributed by atoms with Gasteiger partial charge in [-0.05, 0) is 102 Å². The zero-order chi connectivity index (χ0) is 35.6. The molecule has 11 heteroatoms. The number of carbonyl (C=O) groups excluding carboxylic acids is 2. The molecule has 50 heavy (non-hydrogen) atoms. The Kier molecular flexibility index (Phi) is 12.4. The maximum absolute atomic E-state index is 15.1. The van der Waals surface area contributed by atoms with E-state index in [9.17, 15) is 9.59 Å². The van der Waals surface area contributed by atoms with Crippen LogP contribution >= 0.6 is 0 Å². The third kappa shape index (κ3) is 9.35. The largest absolute Gasteiger partial charge is 0.490 e. The minimum Gasteiger partial charge on any atom is -0.490 e. The summed E-state index contributed by atoms with van der Waals surface area (Å²) in [6.07, 6.45) is 3.88. The van der Waals surface area contributed by atoms with Crippen molar-refractivity contribution in [3.05, 3.63) is 95.4 Å². The summed E-state index contributed by atoms with van der Waals surface area (Å²) in [5.41, 5.74) is 3.44. The maximum Gasteiger partial charge on any atom is 0.425 e. The van der Waals surface area contributed by atoms with Gasteiger partial charge in [0.05, 0.1) is 12.3 Å². The van der Waals surface area contributed by atoms with Crippen molar-refractivity contribution in [3.63, 3.8) is 0 Å². The summed E-state index contributed by atoms with van der Waals surface area (Å²) in [5.74, 6) is 1.00. The van der Waals surface area contributed by atoms with Crippen LogP contribution in [0.1, 0.15) is 49.8 Å². The van der Waals surface area contributed by atoms with E-state index in [0.717, 1.165) is 42.6 Å². The molecule has 1 unspecified atom stereocenters. The molecule has 0 spiro atoms. The fourth-order valence-corrected chi connectivity index (χ4v) is 6.24. The van der Waals surface area contributed by atoms with Gasteiger partial charge in [0.15, 0.2) is 11.6 Å². The molecule has 264 valence electrons. The van der Waals surface area contributed by atoms with Crippen molar-refractivity contribution in [2.45, 2.75) is 53.4 Å². The zero-order valence-electron chi connectivity index (χ0n) is 29.6. The van der Waals surface area contributed by atoms with Crippen molar-refractivity contribution < 1.29 is 23.5 Å². The molecule has 2 heterocycles. The number of ether oxygens (including phenoxy) is 2. The topological polar surface area (TPSA) is 100 Å². The number of piperidine rings is 1. The molecule has 1 saturated heterocycles. The highest BCUT2D eigenvalue weighted by Gasteiger charge is 2.25. The number of aryl methyl sites for hydroxylation is 3. The van der Waals surface area contributed by atoms with Crippen LogP contribution in [-0.4, -0.2) is 71.6 Å². The number of anilines is 4. The highest BCUT2D eigenvalue weighted by atomic mass is 19.1. The van der Waals surface area contributed by atoms with Crippen molar-refractivity contribution in [2.75, 3.05) is 50.1 Å². The minimum atomic E-state index is -0.667. The third-order valence-corrected chi connectivity index (χ3v) is 8.95. The van der Waals surface area contributed by atoms with Crippen LogP contribution in [0.5, 0.6) is 11.5 Å². The number of amides is 2. The first kappa shape index (κ1) is 36.3. The Labute approximate surface area is 294 Å². The van der Waals surface area contributed by atoms with Crippen LogP contribution in [0, 0.1) is 25.6 Å². The Hall–Kier alpha value is -5.03. The van der Waals surface area contributed by atoms with Crippen LogP contribution in [0.4, 0.5) is 32.3 Å². The number of hydrogen-bond donors (Lipinski definition) is 1. The Morgan fingerprint density at radius 1 is 1.02 bits per heavy atom. The fraction of sp³-hybridized carbons (Fsp3) is 0.385. The standard InChI is InChI=1S/C39H47FN6O4/c1-6-45(7-2)36(47)19-16-29-13-9-15-32(23-29)46(39(48)50-37-27(3)11-8-12-28(37)4)35-20-21-41-38(43-35)42-31-17-18-34(33(40)24-31)49-26-30-14-10-22-44(5)25-30/h8-9,11-13,15,17-18,20-21,23-24,30H,6-7,10,14,16,19,22,25-26H2,1-5H3,(H,41,42,43). The van der Waals surface area contributed by atoms with E-state index in [2.05, 4.69) is 27.2 Å². The smallest absolute Gasteiger partial charge is 0.425 e.